The molecule has 0 aliphatic heterocycles. The zero-order chi connectivity index (χ0) is 13.8. The fourth-order valence-corrected chi connectivity index (χ4v) is 2.67. The first-order valence-electron chi connectivity index (χ1n) is 5.80. The second-order valence-corrected chi connectivity index (χ2v) is 5.63. The third-order valence-corrected chi connectivity index (χ3v) is 3.60. The summed E-state index contributed by atoms with van der Waals surface area (Å²) in [7, 11) is 0. The molecule has 0 atom stereocenters. The fourth-order valence-electron chi connectivity index (χ4n) is 1.54. The molecule has 19 heavy (non-hydrogen) atoms. The van der Waals surface area contributed by atoms with Gasteiger partial charge in [-0.25, -0.2) is 9.97 Å². The molecule has 0 spiro atoms. The van der Waals surface area contributed by atoms with Crippen LogP contribution in [0.4, 0.5) is 5.82 Å². The van der Waals surface area contributed by atoms with Gasteiger partial charge in [-0.15, -0.1) is 0 Å². The van der Waals surface area contributed by atoms with Crippen molar-refractivity contribution >= 4 is 37.7 Å². The maximum atomic E-state index is 5.82. The standard InChI is InChI=1S/C13H13Br2N3O/c1-3-16-12-8(2)13(18-7-17-12)19-11-5-4-9(14)6-10(11)15/h4-7H,3H2,1-2H3,(H,16,17,18). The van der Waals surface area contributed by atoms with Crippen LogP contribution in [0.25, 0.3) is 0 Å². The van der Waals surface area contributed by atoms with Crippen molar-refractivity contribution in [3.05, 3.63) is 39.0 Å². The quantitative estimate of drug-likeness (QED) is 0.838. The SMILES string of the molecule is CCNc1ncnc(Oc2ccc(Br)cc2Br)c1C. The van der Waals surface area contributed by atoms with E-state index < -0.39 is 0 Å². The highest BCUT2D eigenvalue weighted by atomic mass is 79.9. The van der Waals surface area contributed by atoms with Gasteiger partial charge in [0.05, 0.1) is 10.0 Å². The molecule has 0 saturated carbocycles. The minimum atomic E-state index is 0.550. The van der Waals surface area contributed by atoms with Crippen molar-refractivity contribution in [2.24, 2.45) is 0 Å². The number of benzene rings is 1. The molecule has 1 heterocycles. The number of halogens is 2. The first-order valence-corrected chi connectivity index (χ1v) is 7.38. The third kappa shape index (κ3) is 3.45. The van der Waals surface area contributed by atoms with Gasteiger partial charge in [0, 0.05) is 11.0 Å². The van der Waals surface area contributed by atoms with Gasteiger partial charge in [0.15, 0.2) is 0 Å². The van der Waals surface area contributed by atoms with Crippen LogP contribution in [0, 0.1) is 6.92 Å². The predicted molar refractivity (Wildman–Crippen MR) is 82.8 cm³/mol. The van der Waals surface area contributed by atoms with Crippen molar-refractivity contribution in [1.82, 2.24) is 9.97 Å². The van der Waals surface area contributed by atoms with Crippen LogP contribution in [-0.2, 0) is 0 Å². The fraction of sp³-hybridized carbons (Fsp3) is 0.231. The van der Waals surface area contributed by atoms with Gasteiger partial charge >= 0.3 is 0 Å². The van der Waals surface area contributed by atoms with Crippen LogP contribution in [0.2, 0.25) is 0 Å². The molecule has 4 nitrogen and oxygen atoms in total. The summed E-state index contributed by atoms with van der Waals surface area (Å²) in [5.74, 6) is 2.06. The number of nitrogens with zero attached hydrogens (tertiary/aromatic N) is 2. The zero-order valence-corrected chi connectivity index (χ0v) is 13.7. The van der Waals surface area contributed by atoms with Crippen molar-refractivity contribution in [3.63, 3.8) is 0 Å². The number of hydrogen-bond acceptors (Lipinski definition) is 4. The molecule has 1 aromatic heterocycles. The van der Waals surface area contributed by atoms with E-state index in [0.717, 1.165) is 26.9 Å². The molecule has 0 fully saturated rings. The summed E-state index contributed by atoms with van der Waals surface area (Å²) in [6.45, 7) is 4.76. The summed E-state index contributed by atoms with van der Waals surface area (Å²) < 4.78 is 7.67. The molecule has 0 aliphatic rings. The maximum absolute atomic E-state index is 5.82. The van der Waals surface area contributed by atoms with E-state index in [2.05, 4.69) is 47.1 Å². The van der Waals surface area contributed by atoms with E-state index in [9.17, 15) is 0 Å². The summed E-state index contributed by atoms with van der Waals surface area (Å²) in [6.07, 6.45) is 1.49. The second-order valence-electron chi connectivity index (χ2n) is 3.86. The van der Waals surface area contributed by atoms with Crippen LogP contribution in [0.3, 0.4) is 0 Å². The zero-order valence-electron chi connectivity index (χ0n) is 10.6. The smallest absolute Gasteiger partial charge is 0.227 e. The van der Waals surface area contributed by atoms with Crippen molar-refractivity contribution in [1.29, 1.82) is 0 Å². The summed E-state index contributed by atoms with van der Waals surface area (Å²) in [6, 6.07) is 5.72. The van der Waals surface area contributed by atoms with Crippen molar-refractivity contribution < 1.29 is 4.74 Å². The van der Waals surface area contributed by atoms with Gasteiger partial charge in [-0.3, -0.25) is 0 Å². The third-order valence-electron chi connectivity index (χ3n) is 2.48. The molecule has 100 valence electrons. The molecule has 0 amide bonds. The Hall–Kier alpha value is -1.14. The summed E-state index contributed by atoms with van der Waals surface area (Å²) in [4.78, 5) is 8.36. The molecule has 0 aliphatic carbocycles. The average Bonchev–Trinajstić information content (AvgIpc) is 2.37. The lowest BCUT2D eigenvalue weighted by molar-refractivity contribution is 0.455. The van der Waals surface area contributed by atoms with E-state index in [1.165, 1.54) is 6.33 Å². The number of rotatable bonds is 4. The van der Waals surface area contributed by atoms with Gasteiger partial charge < -0.3 is 10.1 Å². The monoisotopic (exact) mass is 385 g/mol. The lowest BCUT2D eigenvalue weighted by Gasteiger charge is -2.12. The van der Waals surface area contributed by atoms with E-state index in [-0.39, 0.29) is 0 Å². The number of anilines is 1. The van der Waals surface area contributed by atoms with Gasteiger partial charge in [0.25, 0.3) is 0 Å². The summed E-state index contributed by atoms with van der Waals surface area (Å²) in [5, 5.41) is 3.18. The topological polar surface area (TPSA) is 47.0 Å². The van der Waals surface area contributed by atoms with Gasteiger partial charge in [0.2, 0.25) is 5.88 Å². The van der Waals surface area contributed by atoms with Crippen LogP contribution >= 0.6 is 31.9 Å². The molecule has 0 radical (unpaired) electrons. The molecule has 1 N–H and O–H groups in total. The Morgan fingerprint density at radius 3 is 2.74 bits per heavy atom. The van der Waals surface area contributed by atoms with E-state index >= 15 is 0 Å². The van der Waals surface area contributed by atoms with Crippen molar-refractivity contribution in [2.75, 3.05) is 11.9 Å². The molecule has 1 aromatic carbocycles. The van der Waals surface area contributed by atoms with Crippen molar-refractivity contribution in [2.45, 2.75) is 13.8 Å². The Morgan fingerprint density at radius 1 is 1.26 bits per heavy atom. The highest BCUT2D eigenvalue weighted by Crippen LogP contribution is 2.33. The normalized spacial score (nSPS) is 10.3. The molecule has 0 bridgehead atoms. The van der Waals surface area contributed by atoms with Crippen LogP contribution in [0.5, 0.6) is 11.6 Å². The van der Waals surface area contributed by atoms with E-state index in [1.54, 1.807) is 0 Å². The first kappa shape index (κ1) is 14.3. The average molecular weight is 387 g/mol. The Kier molecular flexibility index (Phi) is 4.76. The highest BCUT2D eigenvalue weighted by Gasteiger charge is 2.10. The largest absolute Gasteiger partial charge is 0.437 e. The number of ether oxygens (including phenoxy) is 1. The summed E-state index contributed by atoms with van der Waals surface area (Å²) in [5.41, 5.74) is 0.888. The minimum absolute atomic E-state index is 0.550. The molecular weight excluding hydrogens is 374 g/mol. The van der Waals surface area contributed by atoms with Crippen LogP contribution < -0.4 is 10.1 Å². The molecule has 0 saturated heterocycles. The Balaban J connectivity index is 2.30. The van der Waals surface area contributed by atoms with E-state index in [1.807, 2.05) is 32.0 Å². The van der Waals surface area contributed by atoms with Gasteiger partial charge in [-0.1, -0.05) is 15.9 Å². The van der Waals surface area contributed by atoms with Gasteiger partial charge in [-0.05, 0) is 48.0 Å². The van der Waals surface area contributed by atoms with Crippen LogP contribution in [0.1, 0.15) is 12.5 Å². The van der Waals surface area contributed by atoms with E-state index in [4.69, 9.17) is 4.74 Å². The Morgan fingerprint density at radius 2 is 2.05 bits per heavy atom. The van der Waals surface area contributed by atoms with Gasteiger partial charge in [0.1, 0.15) is 17.9 Å². The molecule has 2 rings (SSSR count). The Bertz CT molecular complexity index is 590. The number of hydrogen-bond donors (Lipinski definition) is 1. The molecule has 6 heteroatoms. The first-order chi connectivity index (χ1) is 9.11. The summed E-state index contributed by atoms with van der Waals surface area (Å²) >= 11 is 6.87. The lowest BCUT2D eigenvalue weighted by atomic mass is 10.3. The highest BCUT2D eigenvalue weighted by molar-refractivity contribution is 9.11. The number of aromatic nitrogens is 2. The van der Waals surface area contributed by atoms with E-state index in [0.29, 0.717) is 11.6 Å². The lowest BCUT2D eigenvalue weighted by Crippen LogP contribution is -2.03. The minimum Gasteiger partial charge on any atom is -0.437 e. The maximum Gasteiger partial charge on any atom is 0.227 e. The van der Waals surface area contributed by atoms with Crippen molar-refractivity contribution in [3.8, 4) is 11.6 Å². The second kappa shape index (κ2) is 6.34. The number of nitrogens with one attached hydrogen (secondary N) is 1. The predicted octanol–water partition coefficient (Wildman–Crippen LogP) is 4.53. The molecule has 0 unspecified atom stereocenters. The van der Waals surface area contributed by atoms with Gasteiger partial charge in [-0.2, -0.15) is 0 Å². The van der Waals surface area contributed by atoms with Crippen LogP contribution in [-0.4, -0.2) is 16.5 Å². The Labute approximate surface area is 128 Å². The van der Waals surface area contributed by atoms with Crippen LogP contribution in [0.15, 0.2) is 33.5 Å². The molecule has 2 aromatic rings. The molecular formula is C13H13Br2N3O.